The summed E-state index contributed by atoms with van der Waals surface area (Å²) in [6.45, 7) is 11.1. The van der Waals surface area contributed by atoms with Crippen molar-refractivity contribution in [1.82, 2.24) is 10.6 Å². The van der Waals surface area contributed by atoms with Crippen molar-refractivity contribution in [2.24, 2.45) is 0 Å². The van der Waals surface area contributed by atoms with Crippen molar-refractivity contribution in [2.75, 3.05) is 18.8 Å². The Labute approximate surface area is 233 Å². The Morgan fingerprint density at radius 2 is 1.35 bits per heavy atom. The molecule has 8 nitrogen and oxygen atoms in total. The fraction of sp³-hybridized carbons (Fsp3) is 0.517. The number of alkyl carbamates (subject to hydrolysis) is 2. The van der Waals surface area contributed by atoms with Crippen LogP contribution in [0.1, 0.15) is 71.1 Å². The van der Waals surface area contributed by atoms with Gasteiger partial charge in [0.05, 0.1) is 5.56 Å². The number of carbonyl (C=O) groups is 2. The van der Waals surface area contributed by atoms with Gasteiger partial charge in [-0.25, -0.2) is 9.59 Å². The molecule has 0 heterocycles. The van der Waals surface area contributed by atoms with Crippen LogP contribution in [-0.4, -0.2) is 36.5 Å². The molecule has 4 N–H and O–H groups in total. The Kier molecular flexibility index (Phi) is 11.1. The molecule has 11 heteroatoms. The standard InChI is InChI=1S/C29H40F3N3O5/c1-27(2,3)39-25(36)34-13-7-9-19-15-21(29(30,31)32)18-23(16-19)38-24-12-11-22(33)17-20(24)10-8-14-35-26(37)40-28(4,5)6/h11-12,15-18H,7-10,13-14,33H2,1-6H3,(H,34,36)(H,35,37). The fourth-order valence-corrected chi connectivity index (χ4v) is 3.63. The summed E-state index contributed by atoms with van der Waals surface area (Å²) in [7, 11) is 0. The first-order valence-electron chi connectivity index (χ1n) is 13.1. The van der Waals surface area contributed by atoms with Crippen LogP contribution < -0.4 is 21.1 Å². The molecule has 2 aromatic carbocycles. The lowest BCUT2D eigenvalue weighted by atomic mass is 10.0. The minimum atomic E-state index is -4.57. The summed E-state index contributed by atoms with van der Waals surface area (Å²) >= 11 is 0. The number of hydrogen-bond acceptors (Lipinski definition) is 6. The van der Waals surface area contributed by atoms with E-state index in [9.17, 15) is 22.8 Å². The van der Waals surface area contributed by atoms with Crippen molar-refractivity contribution in [3.8, 4) is 11.5 Å². The zero-order valence-electron chi connectivity index (χ0n) is 24.0. The van der Waals surface area contributed by atoms with Crippen LogP contribution in [0.25, 0.3) is 0 Å². The SMILES string of the molecule is CC(C)(C)OC(=O)NCCCc1cc(Oc2ccc(N)cc2CCCNC(=O)OC(C)(C)C)cc(C(F)(F)F)c1. The number of halogens is 3. The van der Waals surface area contributed by atoms with Crippen LogP contribution in [0.2, 0.25) is 0 Å². The number of nitrogens with one attached hydrogen (secondary N) is 2. The van der Waals surface area contributed by atoms with E-state index >= 15 is 0 Å². The topological polar surface area (TPSA) is 112 Å². The van der Waals surface area contributed by atoms with Gasteiger partial charge in [0.2, 0.25) is 0 Å². The Hall–Kier alpha value is -3.63. The molecule has 0 aliphatic carbocycles. The normalized spacial score (nSPS) is 12.0. The molecule has 0 aliphatic heterocycles. The summed E-state index contributed by atoms with van der Waals surface area (Å²) in [6, 6.07) is 8.48. The lowest BCUT2D eigenvalue weighted by molar-refractivity contribution is -0.137. The predicted molar refractivity (Wildman–Crippen MR) is 147 cm³/mol. The average molecular weight is 568 g/mol. The van der Waals surface area contributed by atoms with Gasteiger partial charge in [0.1, 0.15) is 22.7 Å². The molecule has 0 aromatic heterocycles. The molecule has 0 saturated heterocycles. The molecule has 0 spiro atoms. The van der Waals surface area contributed by atoms with Crippen LogP contribution in [0.15, 0.2) is 36.4 Å². The zero-order valence-corrected chi connectivity index (χ0v) is 24.0. The highest BCUT2D eigenvalue weighted by Gasteiger charge is 2.31. The number of ether oxygens (including phenoxy) is 3. The van der Waals surface area contributed by atoms with Gasteiger partial charge < -0.3 is 30.6 Å². The number of aryl methyl sites for hydroxylation is 2. The van der Waals surface area contributed by atoms with E-state index < -0.39 is 35.1 Å². The highest BCUT2D eigenvalue weighted by Crippen LogP contribution is 2.35. The highest BCUT2D eigenvalue weighted by atomic mass is 19.4. The molecule has 0 saturated carbocycles. The Bertz CT molecular complexity index is 1160. The monoisotopic (exact) mass is 567 g/mol. The molecule has 2 rings (SSSR count). The smallest absolute Gasteiger partial charge is 0.416 e. The maximum atomic E-state index is 13.7. The summed E-state index contributed by atoms with van der Waals surface area (Å²) in [5, 5.41) is 5.28. The van der Waals surface area contributed by atoms with Crippen LogP contribution in [0.4, 0.5) is 28.4 Å². The summed E-state index contributed by atoms with van der Waals surface area (Å²) in [4.78, 5) is 23.7. The number of carbonyl (C=O) groups excluding carboxylic acids is 2. The zero-order chi connectivity index (χ0) is 30.1. The van der Waals surface area contributed by atoms with Gasteiger partial charge in [0.25, 0.3) is 0 Å². The second-order valence-electron chi connectivity index (χ2n) is 11.4. The van der Waals surface area contributed by atoms with Crippen molar-refractivity contribution in [3.05, 3.63) is 53.1 Å². The van der Waals surface area contributed by atoms with Gasteiger partial charge in [-0.15, -0.1) is 0 Å². The minimum absolute atomic E-state index is 0.0304. The van der Waals surface area contributed by atoms with E-state index in [4.69, 9.17) is 19.9 Å². The van der Waals surface area contributed by atoms with Crippen molar-refractivity contribution < 1.29 is 37.0 Å². The largest absolute Gasteiger partial charge is 0.457 e. The lowest BCUT2D eigenvalue weighted by Gasteiger charge is -2.20. The number of alkyl halides is 3. The predicted octanol–water partition coefficient (Wildman–Crippen LogP) is 6.99. The molecule has 222 valence electrons. The lowest BCUT2D eigenvalue weighted by Crippen LogP contribution is -2.33. The van der Waals surface area contributed by atoms with Gasteiger partial charge in [0, 0.05) is 18.8 Å². The van der Waals surface area contributed by atoms with E-state index in [-0.39, 0.29) is 18.7 Å². The quantitative estimate of drug-likeness (QED) is 0.211. The van der Waals surface area contributed by atoms with E-state index in [1.54, 1.807) is 65.8 Å². The molecule has 0 bridgehead atoms. The molecule has 40 heavy (non-hydrogen) atoms. The maximum Gasteiger partial charge on any atom is 0.416 e. The van der Waals surface area contributed by atoms with Gasteiger partial charge in [-0.3, -0.25) is 0 Å². The van der Waals surface area contributed by atoms with Crippen LogP contribution in [-0.2, 0) is 28.5 Å². The third-order valence-corrected chi connectivity index (χ3v) is 5.21. The summed E-state index contributed by atoms with van der Waals surface area (Å²) < 4.78 is 57.3. The van der Waals surface area contributed by atoms with Crippen molar-refractivity contribution in [2.45, 2.75) is 84.6 Å². The first-order valence-corrected chi connectivity index (χ1v) is 13.1. The Morgan fingerprint density at radius 3 is 1.88 bits per heavy atom. The molecule has 0 atom stereocenters. The van der Waals surface area contributed by atoms with Gasteiger partial charge in [-0.05, 0) is 115 Å². The van der Waals surface area contributed by atoms with E-state index in [1.165, 1.54) is 0 Å². The number of anilines is 1. The molecule has 0 unspecified atom stereocenters. The van der Waals surface area contributed by atoms with Gasteiger partial charge in [0.15, 0.2) is 0 Å². The summed E-state index contributed by atoms with van der Waals surface area (Å²) in [5.41, 5.74) is 5.42. The molecule has 2 aromatic rings. The third-order valence-electron chi connectivity index (χ3n) is 5.21. The van der Waals surface area contributed by atoms with Gasteiger partial charge >= 0.3 is 18.4 Å². The Balaban J connectivity index is 2.09. The first-order chi connectivity index (χ1) is 18.4. The molecular formula is C29H40F3N3O5. The van der Waals surface area contributed by atoms with E-state index in [0.717, 1.165) is 12.1 Å². The second kappa shape index (κ2) is 13.6. The number of nitrogens with two attached hydrogens (primary N) is 1. The number of nitrogen functional groups attached to an aromatic ring is 1. The van der Waals surface area contributed by atoms with Crippen LogP contribution in [0.3, 0.4) is 0 Å². The summed E-state index contributed by atoms with van der Waals surface area (Å²) in [6.07, 6.45) is -4.03. The maximum absolute atomic E-state index is 13.7. The molecule has 0 fully saturated rings. The molecule has 0 radical (unpaired) electrons. The Morgan fingerprint density at radius 1 is 0.800 bits per heavy atom. The molecule has 2 amide bonds. The molecular weight excluding hydrogens is 527 g/mol. The van der Waals surface area contributed by atoms with Crippen molar-refractivity contribution >= 4 is 17.9 Å². The number of rotatable bonds is 10. The first kappa shape index (κ1) is 32.6. The highest BCUT2D eigenvalue weighted by molar-refractivity contribution is 5.68. The number of hydrogen-bond donors (Lipinski definition) is 3. The fourth-order valence-electron chi connectivity index (χ4n) is 3.63. The second-order valence-corrected chi connectivity index (χ2v) is 11.4. The van der Waals surface area contributed by atoms with E-state index in [0.29, 0.717) is 48.4 Å². The van der Waals surface area contributed by atoms with Gasteiger partial charge in [-0.2, -0.15) is 13.2 Å². The third kappa shape index (κ3) is 12.5. The molecule has 0 aliphatic rings. The number of amides is 2. The minimum Gasteiger partial charge on any atom is -0.457 e. The number of benzene rings is 2. The average Bonchev–Trinajstić information content (AvgIpc) is 2.78. The van der Waals surface area contributed by atoms with Crippen LogP contribution in [0, 0.1) is 0 Å². The van der Waals surface area contributed by atoms with Gasteiger partial charge in [-0.1, -0.05) is 0 Å². The van der Waals surface area contributed by atoms with Crippen molar-refractivity contribution in [3.63, 3.8) is 0 Å². The summed E-state index contributed by atoms with van der Waals surface area (Å²) in [5.74, 6) is 0.395. The van der Waals surface area contributed by atoms with E-state index in [2.05, 4.69) is 10.6 Å². The van der Waals surface area contributed by atoms with E-state index in [1.807, 2.05) is 0 Å². The van der Waals surface area contributed by atoms with Crippen LogP contribution in [0.5, 0.6) is 11.5 Å². The van der Waals surface area contributed by atoms with Crippen molar-refractivity contribution in [1.29, 1.82) is 0 Å². The van der Waals surface area contributed by atoms with Crippen LogP contribution >= 0.6 is 0 Å².